The summed E-state index contributed by atoms with van der Waals surface area (Å²) < 4.78 is 37.9. The molecule has 0 atom stereocenters. The topological polar surface area (TPSA) is 41.1 Å². The van der Waals surface area contributed by atoms with E-state index in [9.17, 15) is 18.0 Å². The molecular formula is C21H17F3N2O. The number of rotatable bonds is 4. The van der Waals surface area contributed by atoms with Gasteiger partial charge in [0.2, 0.25) is 0 Å². The van der Waals surface area contributed by atoms with Crippen molar-refractivity contribution < 1.29 is 18.0 Å². The molecule has 138 valence electrons. The fourth-order valence-electron chi connectivity index (χ4n) is 2.59. The number of nitrogens with one attached hydrogen (secondary N) is 2. The number of alkyl halides is 3. The van der Waals surface area contributed by atoms with Gasteiger partial charge in [0.15, 0.2) is 0 Å². The molecule has 0 spiro atoms. The molecule has 0 radical (unpaired) electrons. The average Bonchev–Trinajstić information content (AvgIpc) is 2.64. The lowest BCUT2D eigenvalue weighted by Crippen LogP contribution is -2.14. The second-order valence-corrected chi connectivity index (χ2v) is 6.01. The van der Waals surface area contributed by atoms with Crippen molar-refractivity contribution in [2.45, 2.75) is 13.1 Å². The van der Waals surface area contributed by atoms with E-state index in [1.165, 1.54) is 12.1 Å². The highest BCUT2D eigenvalue weighted by atomic mass is 19.4. The number of halogens is 3. The zero-order valence-electron chi connectivity index (χ0n) is 14.5. The Labute approximate surface area is 154 Å². The van der Waals surface area contributed by atoms with Crippen molar-refractivity contribution in [2.24, 2.45) is 0 Å². The molecule has 0 unspecified atom stereocenters. The van der Waals surface area contributed by atoms with Crippen LogP contribution >= 0.6 is 0 Å². The van der Waals surface area contributed by atoms with Crippen molar-refractivity contribution in [1.82, 2.24) is 0 Å². The molecule has 0 aliphatic carbocycles. The van der Waals surface area contributed by atoms with E-state index in [2.05, 4.69) is 10.6 Å². The number of hydrogen-bond acceptors (Lipinski definition) is 2. The summed E-state index contributed by atoms with van der Waals surface area (Å²) >= 11 is 0. The molecule has 3 aromatic carbocycles. The Bertz CT molecular complexity index is 950. The van der Waals surface area contributed by atoms with Crippen molar-refractivity contribution in [2.75, 3.05) is 10.6 Å². The van der Waals surface area contributed by atoms with Crippen LogP contribution in [0.2, 0.25) is 0 Å². The lowest BCUT2D eigenvalue weighted by atomic mass is 10.1. The summed E-state index contributed by atoms with van der Waals surface area (Å²) in [6.45, 7) is 1.95. The molecule has 0 aromatic heterocycles. The van der Waals surface area contributed by atoms with Crippen LogP contribution in [0.15, 0.2) is 72.8 Å². The minimum atomic E-state index is -4.41. The molecule has 3 nitrogen and oxygen atoms in total. The maximum atomic E-state index is 12.6. The first-order valence-electron chi connectivity index (χ1n) is 8.25. The predicted octanol–water partition coefficient (Wildman–Crippen LogP) is 6.01. The number of carbonyl (C=O) groups is 1. The van der Waals surface area contributed by atoms with Gasteiger partial charge in [-0.25, -0.2) is 0 Å². The summed E-state index contributed by atoms with van der Waals surface area (Å²) in [5, 5.41) is 5.86. The largest absolute Gasteiger partial charge is 0.416 e. The van der Waals surface area contributed by atoms with Crippen molar-refractivity contribution in [3.8, 4) is 0 Å². The predicted molar refractivity (Wildman–Crippen MR) is 100 cm³/mol. The zero-order valence-corrected chi connectivity index (χ0v) is 14.5. The Hall–Kier alpha value is -3.28. The van der Waals surface area contributed by atoms with Gasteiger partial charge in [-0.3, -0.25) is 4.79 Å². The Morgan fingerprint density at radius 2 is 1.41 bits per heavy atom. The second-order valence-electron chi connectivity index (χ2n) is 6.01. The third kappa shape index (κ3) is 4.47. The molecule has 2 N–H and O–H groups in total. The van der Waals surface area contributed by atoms with Gasteiger partial charge in [-0.2, -0.15) is 13.2 Å². The molecule has 3 aromatic rings. The van der Waals surface area contributed by atoms with Crippen LogP contribution < -0.4 is 10.6 Å². The summed E-state index contributed by atoms with van der Waals surface area (Å²) in [6, 6.07) is 19.0. The molecule has 0 saturated heterocycles. The van der Waals surface area contributed by atoms with Crippen molar-refractivity contribution in [3.63, 3.8) is 0 Å². The highest BCUT2D eigenvalue weighted by Crippen LogP contribution is 2.30. The SMILES string of the molecule is Cc1ccccc1Nc1ccccc1C(=O)Nc1ccc(C(F)(F)F)cc1. The van der Waals surface area contributed by atoms with Crippen LogP contribution in [0.5, 0.6) is 0 Å². The summed E-state index contributed by atoms with van der Waals surface area (Å²) in [6.07, 6.45) is -4.41. The molecule has 0 saturated carbocycles. The molecule has 27 heavy (non-hydrogen) atoms. The Balaban J connectivity index is 1.80. The number of carbonyl (C=O) groups excluding carboxylic acids is 1. The van der Waals surface area contributed by atoms with E-state index in [1.54, 1.807) is 24.3 Å². The van der Waals surface area contributed by atoms with E-state index in [0.717, 1.165) is 23.4 Å². The second kappa shape index (κ2) is 7.53. The van der Waals surface area contributed by atoms with Crippen LogP contribution in [0, 0.1) is 6.92 Å². The van der Waals surface area contributed by atoms with Gasteiger partial charge in [0.25, 0.3) is 5.91 Å². The van der Waals surface area contributed by atoms with Crippen LogP contribution in [-0.4, -0.2) is 5.91 Å². The highest BCUT2D eigenvalue weighted by molar-refractivity contribution is 6.08. The standard InChI is InChI=1S/C21H17F3N2O/c1-14-6-2-4-8-18(14)26-19-9-5-3-7-17(19)20(27)25-16-12-10-15(11-13-16)21(22,23)24/h2-13,26H,1H3,(H,25,27). The maximum absolute atomic E-state index is 12.6. The lowest BCUT2D eigenvalue weighted by molar-refractivity contribution is -0.137. The van der Waals surface area contributed by atoms with E-state index < -0.39 is 17.6 Å². The first-order valence-corrected chi connectivity index (χ1v) is 8.25. The van der Waals surface area contributed by atoms with Gasteiger partial charge in [-0.05, 0) is 55.0 Å². The van der Waals surface area contributed by atoms with Gasteiger partial charge in [0, 0.05) is 11.4 Å². The molecule has 0 heterocycles. The quantitative estimate of drug-likeness (QED) is 0.590. The highest BCUT2D eigenvalue weighted by Gasteiger charge is 2.30. The van der Waals surface area contributed by atoms with Crippen LogP contribution in [0.3, 0.4) is 0 Å². The minimum Gasteiger partial charge on any atom is -0.355 e. The number of hydrogen-bond donors (Lipinski definition) is 2. The maximum Gasteiger partial charge on any atom is 0.416 e. The molecule has 0 aliphatic rings. The molecule has 6 heteroatoms. The first kappa shape index (κ1) is 18.5. The molecule has 3 rings (SSSR count). The summed E-state index contributed by atoms with van der Waals surface area (Å²) in [5.41, 5.74) is 2.42. The molecular weight excluding hydrogens is 353 g/mol. The third-order valence-corrected chi connectivity index (χ3v) is 4.06. The minimum absolute atomic E-state index is 0.290. The summed E-state index contributed by atoms with van der Waals surface area (Å²) in [4.78, 5) is 12.6. The van der Waals surface area contributed by atoms with E-state index in [4.69, 9.17) is 0 Å². The number of amides is 1. The van der Waals surface area contributed by atoms with E-state index in [-0.39, 0.29) is 0 Å². The number of benzene rings is 3. The van der Waals surface area contributed by atoms with Crippen LogP contribution in [0.25, 0.3) is 0 Å². The van der Waals surface area contributed by atoms with Crippen molar-refractivity contribution >= 4 is 23.0 Å². The van der Waals surface area contributed by atoms with Gasteiger partial charge in [-0.1, -0.05) is 30.3 Å². The Kier molecular flexibility index (Phi) is 5.16. The normalized spacial score (nSPS) is 11.1. The first-order chi connectivity index (χ1) is 12.8. The van der Waals surface area contributed by atoms with Gasteiger partial charge >= 0.3 is 6.18 Å². The van der Waals surface area contributed by atoms with Gasteiger partial charge in [-0.15, -0.1) is 0 Å². The average molecular weight is 370 g/mol. The molecule has 0 aliphatic heterocycles. The summed E-state index contributed by atoms with van der Waals surface area (Å²) in [7, 11) is 0. The molecule has 1 amide bonds. The van der Waals surface area contributed by atoms with Crippen molar-refractivity contribution in [1.29, 1.82) is 0 Å². The monoisotopic (exact) mass is 370 g/mol. The zero-order chi connectivity index (χ0) is 19.4. The number of aryl methyl sites for hydroxylation is 1. The van der Waals surface area contributed by atoms with E-state index in [1.807, 2.05) is 31.2 Å². The number of anilines is 3. The van der Waals surface area contributed by atoms with Crippen LogP contribution in [0.1, 0.15) is 21.5 Å². The van der Waals surface area contributed by atoms with Crippen LogP contribution in [-0.2, 0) is 6.18 Å². The number of para-hydroxylation sites is 2. The van der Waals surface area contributed by atoms with Gasteiger partial charge in [0.05, 0.1) is 16.8 Å². The molecule has 0 fully saturated rings. The third-order valence-electron chi connectivity index (χ3n) is 4.06. The van der Waals surface area contributed by atoms with E-state index in [0.29, 0.717) is 16.9 Å². The van der Waals surface area contributed by atoms with Gasteiger partial charge in [0.1, 0.15) is 0 Å². The van der Waals surface area contributed by atoms with Crippen molar-refractivity contribution in [3.05, 3.63) is 89.5 Å². The van der Waals surface area contributed by atoms with Crippen LogP contribution in [0.4, 0.5) is 30.2 Å². The smallest absolute Gasteiger partial charge is 0.355 e. The van der Waals surface area contributed by atoms with Gasteiger partial charge < -0.3 is 10.6 Å². The summed E-state index contributed by atoms with van der Waals surface area (Å²) in [5.74, 6) is -0.411. The Morgan fingerprint density at radius 1 is 0.815 bits per heavy atom. The van der Waals surface area contributed by atoms with E-state index >= 15 is 0 Å². The fraction of sp³-hybridized carbons (Fsp3) is 0.0952. The Morgan fingerprint density at radius 3 is 2.04 bits per heavy atom. The molecule has 0 bridgehead atoms. The lowest BCUT2D eigenvalue weighted by Gasteiger charge is -2.14. The fourth-order valence-corrected chi connectivity index (χ4v) is 2.59.